The lowest BCUT2D eigenvalue weighted by Crippen LogP contribution is -2.63. The Bertz CT molecular complexity index is 1540. The molecule has 0 saturated carbocycles. The number of primary amides is 1. The van der Waals surface area contributed by atoms with Crippen molar-refractivity contribution in [3.8, 4) is 16.9 Å². The van der Waals surface area contributed by atoms with Crippen molar-refractivity contribution in [1.82, 2.24) is 4.90 Å². The van der Waals surface area contributed by atoms with Gasteiger partial charge in [0.1, 0.15) is 22.8 Å². The zero-order valence-electron chi connectivity index (χ0n) is 22.4. The summed E-state index contributed by atoms with van der Waals surface area (Å²) in [6.07, 6.45) is 0.231. The number of anilines is 1. The predicted molar refractivity (Wildman–Crippen MR) is 148 cm³/mol. The van der Waals surface area contributed by atoms with Crippen LogP contribution in [0.2, 0.25) is 5.02 Å². The van der Waals surface area contributed by atoms with Gasteiger partial charge < -0.3 is 31.1 Å². The van der Waals surface area contributed by atoms with Gasteiger partial charge >= 0.3 is 0 Å². The second kappa shape index (κ2) is 9.36. The number of benzene rings is 2. The molecule has 2 aromatic rings. The van der Waals surface area contributed by atoms with E-state index in [1.54, 1.807) is 58.5 Å². The maximum absolute atomic E-state index is 14.1. The van der Waals surface area contributed by atoms with Gasteiger partial charge in [0.2, 0.25) is 5.78 Å². The monoisotopic (exact) mass is 567 g/mol. The van der Waals surface area contributed by atoms with Gasteiger partial charge in [0.05, 0.1) is 11.6 Å². The van der Waals surface area contributed by atoms with Crippen LogP contribution in [0.1, 0.15) is 22.3 Å². The Morgan fingerprint density at radius 3 is 2.25 bits per heavy atom. The van der Waals surface area contributed by atoms with E-state index < -0.39 is 58.0 Å². The number of aromatic hydroxyl groups is 1. The van der Waals surface area contributed by atoms with Crippen molar-refractivity contribution in [1.29, 1.82) is 0 Å². The number of hydrogen-bond donors (Lipinski definition) is 5. The Labute approximate surface area is 235 Å². The molecule has 3 aliphatic rings. The lowest BCUT2D eigenvalue weighted by atomic mass is 9.58. The molecule has 0 aliphatic heterocycles. The fourth-order valence-corrected chi connectivity index (χ4v) is 6.67. The molecule has 0 spiro atoms. The van der Waals surface area contributed by atoms with Crippen LogP contribution in [0.15, 0.2) is 53.0 Å². The van der Waals surface area contributed by atoms with Crippen molar-refractivity contribution >= 4 is 34.8 Å². The smallest absolute Gasteiger partial charge is 0.255 e. The molecule has 0 aromatic heterocycles. The average Bonchev–Trinajstić information content (AvgIpc) is 2.86. The van der Waals surface area contributed by atoms with Crippen molar-refractivity contribution in [2.45, 2.75) is 24.5 Å². The van der Waals surface area contributed by atoms with Crippen molar-refractivity contribution in [2.24, 2.45) is 17.6 Å². The number of nitrogens with zero attached hydrogens (tertiary/aromatic N) is 2. The largest absolute Gasteiger partial charge is 0.510 e. The van der Waals surface area contributed by atoms with Crippen LogP contribution in [0.5, 0.6) is 5.75 Å². The van der Waals surface area contributed by atoms with Gasteiger partial charge in [0.25, 0.3) is 5.91 Å². The summed E-state index contributed by atoms with van der Waals surface area (Å²) in [7, 11) is 6.80. The Balaban J connectivity index is 1.75. The number of Topliss-reactive ketones (excluding diaryl/α,β-unsaturated/α-hetero) is 2. The highest BCUT2D eigenvalue weighted by Crippen LogP contribution is 2.54. The number of fused-ring (bicyclic) bond motifs is 3. The Morgan fingerprint density at radius 1 is 1.07 bits per heavy atom. The summed E-state index contributed by atoms with van der Waals surface area (Å²) in [5.74, 6) is -6.80. The normalized spacial score (nSPS) is 26.0. The molecule has 4 atom stereocenters. The molecule has 0 fully saturated rings. The minimum atomic E-state index is -2.68. The van der Waals surface area contributed by atoms with Crippen molar-refractivity contribution in [3.05, 3.63) is 69.1 Å². The quantitative estimate of drug-likeness (QED) is 0.349. The van der Waals surface area contributed by atoms with E-state index in [0.717, 1.165) is 0 Å². The molecule has 40 heavy (non-hydrogen) atoms. The highest BCUT2D eigenvalue weighted by atomic mass is 35.5. The van der Waals surface area contributed by atoms with E-state index in [1.165, 1.54) is 4.90 Å². The number of aliphatic hydroxyl groups excluding tert-OH is 2. The molecule has 3 aliphatic carbocycles. The summed E-state index contributed by atoms with van der Waals surface area (Å²) in [4.78, 5) is 43.1. The lowest BCUT2D eigenvalue weighted by Gasteiger charge is -2.50. The zero-order chi connectivity index (χ0) is 29.4. The van der Waals surface area contributed by atoms with Gasteiger partial charge in [-0.05, 0) is 62.2 Å². The number of phenols is 1. The minimum absolute atomic E-state index is 0.0261. The molecule has 210 valence electrons. The van der Waals surface area contributed by atoms with E-state index >= 15 is 0 Å². The number of phenolic OH excluding ortho intramolecular Hbond substituents is 1. The number of allylic oxidation sites excluding steroid dienone is 1. The predicted octanol–water partition coefficient (Wildman–Crippen LogP) is 2.51. The van der Waals surface area contributed by atoms with Crippen molar-refractivity contribution in [3.63, 3.8) is 0 Å². The van der Waals surface area contributed by atoms with Crippen LogP contribution in [0.4, 0.5) is 5.69 Å². The number of nitrogens with two attached hydrogens (primary N) is 1. The second-order valence-corrected chi connectivity index (χ2v) is 11.4. The van der Waals surface area contributed by atoms with E-state index in [-0.39, 0.29) is 29.7 Å². The molecular weight excluding hydrogens is 538 g/mol. The molecule has 0 unspecified atom stereocenters. The molecule has 0 saturated heterocycles. The van der Waals surface area contributed by atoms with Crippen LogP contribution in [0.3, 0.4) is 0 Å². The number of carbonyl (C=O) groups excluding carboxylic acids is 3. The average molecular weight is 568 g/mol. The number of ketones is 2. The molecule has 10 nitrogen and oxygen atoms in total. The molecule has 0 radical (unpaired) electrons. The maximum Gasteiger partial charge on any atom is 0.255 e. The minimum Gasteiger partial charge on any atom is -0.510 e. The van der Waals surface area contributed by atoms with Crippen LogP contribution < -0.4 is 10.6 Å². The Kier molecular flexibility index (Phi) is 6.48. The van der Waals surface area contributed by atoms with E-state index in [1.807, 2.05) is 4.90 Å². The number of amides is 1. The van der Waals surface area contributed by atoms with Gasteiger partial charge in [-0.25, -0.2) is 0 Å². The fourth-order valence-electron chi connectivity index (χ4n) is 6.55. The first-order valence-corrected chi connectivity index (χ1v) is 13.1. The van der Waals surface area contributed by atoms with Gasteiger partial charge in [0.15, 0.2) is 11.4 Å². The molecule has 2 aromatic carbocycles. The standard InChI is InChI=1S/C29H30ClN3O7/c1-32(2)18-11-15(12-5-7-14(30)8-6-12)23(34)20-16(18)9-13-10-17-22(33(3)4)25(36)21(28(31)39)27(38)29(17,40)26(37)19(13)24(20)35/h5-8,11,13,17,22,34,36-37,40H,9-10H2,1-4H3,(H2,31,39)/t13-,17+,22-,29+/m1/s1. The fraction of sp³-hybridized carbons (Fsp3) is 0.345. The van der Waals surface area contributed by atoms with Crippen LogP contribution in [0, 0.1) is 11.8 Å². The van der Waals surface area contributed by atoms with E-state index in [4.69, 9.17) is 17.3 Å². The summed E-state index contributed by atoms with van der Waals surface area (Å²) in [6.45, 7) is 0. The van der Waals surface area contributed by atoms with E-state index in [9.17, 15) is 34.8 Å². The van der Waals surface area contributed by atoms with Crippen LogP contribution in [-0.4, -0.2) is 82.6 Å². The van der Waals surface area contributed by atoms with E-state index in [2.05, 4.69) is 0 Å². The first-order chi connectivity index (χ1) is 18.7. The van der Waals surface area contributed by atoms with Gasteiger partial charge in [-0.2, -0.15) is 0 Å². The van der Waals surface area contributed by atoms with Crippen LogP contribution >= 0.6 is 11.6 Å². The summed E-state index contributed by atoms with van der Waals surface area (Å²) in [5.41, 5.74) is 3.82. The Hall–Kier alpha value is -3.86. The van der Waals surface area contributed by atoms with E-state index in [0.29, 0.717) is 27.4 Å². The topological polar surface area (TPSA) is 165 Å². The highest BCUT2D eigenvalue weighted by Gasteiger charge is 2.63. The highest BCUT2D eigenvalue weighted by molar-refractivity contribution is 6.30. The molecule has 5 rings (SSSR count). The zero-order valence-corrected chi connectivity index (χ0v) is 23.2. The second-order valence-electron chi connectivity index (χ2n) is 11.0. The van der Waals surface area contributed by atoms with Gasteiger partial charge in [-0.15, -0.1) is 0 Å². The number of carbonyl (C=O) groups is 3. The molecule has 0 heterocycles. The van der Waals surface area contributed by atoms with Gasteiger partial charge in [-0.1, -0.05) is 23.7 Å². The summed E-state index contributed by atoms with van der Waals surface area (Å²) in [5, 5.41) is 46.1. The molecular formula is C29H30ClN3O7. The number of likely N-dealkylation sites (N-methyl/N-ethyl adjacent to an activating group) is 1. The third-order valence-corrected chi connectivity index (χ3v) is 8.59. The number of rotatable bonds is 4. The SMILES string of the molecule is CN(C)c1cc(-c2ccc(Cl)cc2)c(O)c2c1C[C@@H]1C[C@H]3[C@@H](N(C)C)C(O)=C(C(N)=O)C(=O)[C@@]3(O)C(O)=C1C2=O. The number of hydrogen-bond acceptors (Lipinski definition) is 9. The van der Waals surface area contributed by atoms with Crippen molar-refractivity contribution in [2.75, 3.05) is 33.1 Å². The summed E-state index contributed by atoms with van der Waals surface area (Å²) >= 11 is 6.04. The summed E-state index contributed by atoms with van der Waals surface area (Å²) < 4.78 is 0. The van der Waals surface area contributed by atoms with Gasteiger partial charge in [0, 0.05) is 41.9 Å². The first-order valence-electron chi connectivity index (χ1n) is 12.7. The third-order valence-electron chi connectivity index (χ3n) is 8.34. The molecule has 11 heteroatoms. The maximum atomic E-state index is 14.1. The number of halogens is 1. The van der Waals surface area contributed by atoms with Crippen LogP contribution in [0.25, 0.3) is 11.1 Å². The van der Waals surface area contributed by atoms with Crippen LogP contribution in [-0.2, 0) is 16.0 Å². The summed E-state index contributed by atoms with van der Waals surface area (Å²) in [6, 6.07) is 7.46. The van der Waals surface area contributed by atoms with Gasteiger partial charge in [-0.3, -0.25) is 19.3 Å². The van der Waals surface area contributed by atoms with Crippen molar-refractivity contribution < 1.29 is 34.8 Å². The third kappa shape index (κ3) is 3.74. The number of aliphatic hydroxyl groups is 3. The molecule has 6 N–H and O–H groups in total. The lowest BCUT2D eigenvalue weighted by molar-refractivity contribution is -0.148. The molecule has 1 amide bonds. The molecule has 0 bridgehead atoms. The Morgan fingerprint density at radius 2 is 1.70 bits per heavy atom. The first kappa shape index (κ1) is 27.7.